The van der Waals surface area contributed by atoms with Gasteiger partial charge in [-0.15, -0.1) is 0 Å². The highest BCUT2D eigenvalue weighted by molar-refractivity contribution is 6.02. The fourth-order valence-electron chi connectivity index (χ4n) is 4.84. The molecule has 0 saturated carbocycles. The minimum absolute atomic E-state index is 0.00783. The normalized spacial score (nSPS) is 14.2. The van der Waals surface area contributed by atoms with Crippen LogP contribution in [-0.2, 0) is 11.8 Å². The molecule has 1 aliphatic rings. The molecule has 2 aromatic heterocycles. The highest BCUT2D eigenvalue weighted by atomic mass is 19.1. The second-order valence-corrected chi connectivity index (χ2v) is 11.2. The summed E-state index contributed by atoms with van der Waals surface area (Å²) in [6, 6.07) is 14.2. The van der Waals surface area contributed by atoms with Gasteiger partial charge in [-0.3, -0.25) is 19.3 Å². The van der Waals surface area contributed by atoms with Crippen molar-refractivity contribution in [1.29, 1.82) is 0 Å². The van der Waals surface area contributed by atoms with E-state index >= 15 is 0 Å². The monoisotopic (exact) mass is 540 g/mol. The molecule has 40 heavy (non-hydrogen) atoms. The number of aromatic nitrogens is 4. The van der Waals surface area contributed by atoms with Crippen molar-refractivity contribution < 1.29 is 14.0 Å². The summed E-state index contributed by atoms with van der Waals surface area (Å²) in [6.45, 7) is 7.34. The summed E-state index contributed by atoms with van der Waals surface area (Å²) in [4.78, 5) is 36.4. The number of rotatable bonds is 6. The van der Waals surface area contributed by atoms with Crippen molar-refractivity contribution in [2.24, 2.45) is 0 Å². The molecule has 1 aliphatic heterocycles. The summed E-state index contributed by atoms with van der Waals surface area (Å²) in [5.74, 6) is -0.612. The number of nitrogens with zero attached hydrogens (tertiary/aromatic N) is 5. The van der Waals surface area contributed by atoms with E-state index in [0.29, 0.717) is 30.8 Å². The molecule has 2 aromatic carbocycles. The van der Waals surface area contributed by atoms with E-state index in [1.165, 1.54) is 18.3 Å². The predicted molar refractivity (Wildman–Crippen MR) is 151 cm³/mol. The van der Waals surface area contributed by atoms with Gasteiger partial charge in [-0.1, -0.05) is 45.0 Å². The van der Waals surface area contributed by atoms with Gasteiger partial charge in [0.25, 0.3) is 11.8 Å². The third-order valence-corrected chi connectivity index (χ3v) is 7.11. The topological polar surface area (TPSA) is 93.0 Å². The van der Waals surface area contributed by atoms with Gasteiger partial charge in [0, 0.05) is 36.5 Å². The standard InChI is InChI=1S/C31H33FN6O2/c1-31(2,3)28-19-33-27(18-34-28)29(39)36-25-17-35-38(20-25)26-10-12-37(13-11-26)30(40)23-8-4-6-21(15-23)14-22-7-5-9-24(32)16-22/h4-9,15-20,26H,10-14H2,1-3H3,(H,36,39). The van der Waals surface area contributed by atoms with Crippen molar-refractivity contribution in [3.8, 4) is 0 Å². The van der Waals surface area contributed by atoms with E-state index < -0.39 is 0 Å². The van der Waals surface area contributed by atoms with Gasteiger partial charge in [0.15, 0.2) is 0 Å². The Labute approximate surface area is 233 Å². The maximum absolute atomic E-state index is 13.6. The van der Waals surface area contributed by atoms with E-state index in [1.807, 2.05) is 66.9 Å². The molecule has 0 aliphatic carbocycles. The van der Waals surface area contributed by atoms with E-state index in [9.17, 15) is 14.0 Å². The lowest BCUT2D eigenvalue weighted by atomic mass is 9.93. The van der Waals surface area contributed by atoms with Crippen molar-refractivity contribution >= 4 is 17.5 Å². The third kappa shape index (κ3) is 6.42. The Morgan fingerprint density at radius 2 is 1.70 bits per heavy atom. The summed E-state index contributed by atoms with van der Waals surface area (Å²) in [7, 11) is 0. The molecule has 3 heterocycles. The van der Waals surface area contributed by atoms with Crippen LogP contribution in [-0.4, -0.2) is 49.6 Å². The Balaban J connectivity index is 1.15. The smallest absolute Gasteiger partial charge is 0.275 e. The van der Waals surface area contributed by atoms with Gasteiger partial charge in [0.1, 0.15) is 11.5 Å². The molecule has 0 bridgehead atoms. The Morgan fingerprint density at radius 1 is 0.975 bits per heavy atom. The largest absolute Gasteiger partial charge is 0.338 e. The lowest BCUT2D eigenvalue weighted by Gasteiger charge is -2.32. The fraction of sp³-hybridized carbons (Fsp3) is 0.323. The Bertz CT molecular complexity index is 1500. The first-order valence-corrected chi connectivity index (χ1v) is 13.5. The van der Waals surface area contributed by atoms with Gasteiger partial charge >= 0.3 is 0 Å². The highest BCUT2D eigenvalue weighted by Gasteiger charge is 2.25. The first-order valence-electron chi connectivity index (χ1n) is 13.5. The number of hydrogen-bond donors (Lipinski definition) is 1. The molecule has 0 spiro atoms. The first kappa shape index (κ1) is 27.2. The Kier molecular flexibility index (Phi) is 7.73. The number of hydrogen-bond acceptors (Lipinski definition) is 5. The van der Waals surface area contributed by atoms with E-state index in [4.69, 9.17) is 0 Å². The molecule has 4 aromatic rings. The van der Waals surface area contributed by atoms with Crippen LogP contribution in [0.4, 0.5) is 10.1 Å². The fourth-order valence-corrected chi connectivity index (χ4v) is 4.84. The quantitative estimate of drug-likeness (QED) is 0.352. The van der Waals surface area contributed by atoms with Crippen LogP contribution in [0.15, 0.2) is 73.3 Å². The van der Waals surface area contributed by atoms with Crippen molar-refractivity contribution in [1.82, 2.24) is 24.6 Å². The van der Waals surface area contributed by atoms with Crippen LogP contribution in [0.3, 0.4) is 0 Å². The number of carbonyl (C=O) groups is 2. The molecule has 1 saturated heterocycles. The summed E-state index contributed by atoms with van der Waals surface area (Å²) in [6.07, 6.45) is 8.63. The molecule has 1 fully saturated rings. The molecular formula is C31H33FN6O2. The zero-order valence-electron chi connectivity index (χ0n) is 23.0. The van der Waals surface area contributed by atoms with Crippen molar-refractivity contribution in [3.63, 3.8) is 0 Å². The summed E-state index contributed by atoms with van der Waals surface area (Å²) in [5, 5.41) is 7.29. The van der Waals surface area contributed by atoms with E-state index in [-0.39, 0.29) is 34.8 Å². The van der Waals surface area contributed by atoms with Crippen LogP contribution in [0.5, 0.6) is 0 Å². The van der Waals surface area contributed by atoms with E-state index in [2.05, 4.69) is 20.4 Å². The Morgan fingerprint density at radius 3 is 2.38 bits per heavy atom. The summed E-state index contributed by atoms with van der Waals surface area (Å²) in [5.41, 5.74) is 3.97. The maximum Gasteiger partial charge on any atom is 0.275 e. The zero-order chi connectivity index (χ0) is 28.3. The van der Waals surface area contributed by atoms with E-state index in [0.717, 1.165) is 29.7 Å². The molecule has 9 heteroatoms. The first-order chi connectivity index (χ1) is 19.2. The van der Waals surface area contributed by atoms with Gasteiger partial charge in [-0.25, -0.2) is 9.37 Å². The Hall–Kier alpha value is -4.40. The van der Waals surface area contributed by atoms with Crippen LogP contribution in [0.1, 0.15) is 77.3 Å². The third-order valence-electron chi connectivity index (χ3n) is 7.11. The van der Waals surface area contributed by atoms with Crippen LogP contribution >= 0.6 is 0 Å². The number of piperidine rings is 1. The number of amides is 2. The number of benzene rings is 2. The molecule has 2 amide bonds. The highest BCUT2D eigenvalue weighted by Crippen LogP contribution is 2.25. The van der Waals surface area contributed by atoms with Crippen LogP contribution in [0, 0.1) is 5.82 Å². The number of halogens is 1. The van der Waals surface area contributed by atoms with Gasteiger partial charge in [-0.05, 0) is 54.7 Å². The molecule has 8 nitrogen and oxygen atoms in total. The minimum Gasteiger partial charge on any atom is -0.338 e. The second kappa shape index (κ2) is 11.4. The van der Waals surface area contributed by atoms with E-state index in [1.54, 1.807) is 18.5 Å². The molecule has 1 N–H and O–H groups in total. The molecule has 206 valence electrons. The van der Waals surface area contributed by atoms with Crippen molar-refractivity contribution in [2.45, 2.75) is 51.5 Å². The number of nitrogens with one attached hydrogen (secondary N) is 1. The number of likely N-dealkylation sites (tertiary alicyclic amines) is 1. The van der Waals surface area contributed by atoms with Gasteiger partial charge < -0.3 is 10.2 Å². The second-order valence-electron chi connectivity index (χ2n) is 11.2. The average Bonchev–Trinajstić information content (AvgIpc) is 3.41. The molecule has 0 atom stereocenters. The van der Waals surface area contributed by atoms with Crippen molar-refractivity contribution in [2.75, 3.05) is 18.4 Å². The molecule has 5 rings (SSSR count). The maximum atomic E-state index is 13.6. The van der Waals surface area contributed by atoms with Crippen LogP contribution in [0.2, 0.25) is 0 Å². The average molecular weight is 541 g/mol. The predicted octanol–water partition coefficient (Wildman–Crippen LogP) is 5.43. The lowest BCUT2D eigenvalue weighted by Crippen LogP contribution is -2.39. The zero-order valence-corrected chi connectivity index (χ0v) is 23.0. The van der Waals surface area contributed by atoms with Crippen molar-refractivity contribution in [3.05, 3.63) is 107 Å². The summed E-state index contributed by atoms with van der Waals surface area (Å²) < 4.78 is 15.4. The van der Waals surface area contributed by atoms with Crippen LogP contribution in [0.25, 0.3) is 0 Å². The molecule has 0 unspecified atom stereocenters. The molecular weight excluding hydrogens is 507 g/mol. The van der Waals surface area contributed by atoms with Crippen LogP contribution < -0.4 is 5.32 Å². The number of carbonyl (C=O) groups excluding carboxylic acids is 2. The minimum atomic E-state index is -0.340. The summed E-state index contributed by atoms with van der Waals surface area (Å²) >= 11 is 0. The van der Waals surface area contributed by atoms with Gasteiger partial charge in [0.2, 0.25) is 0 Å². The lowest BCUT2D eigenvalue weighted by molar-refractivity contribution is 0.0689. The molecule has 0 radical (unpaired) electrons. The number of anilines is 1. The SMILES string of the molecule is CC(C)(C)c1cnc(C(=O)Nc2cnn(C3CCN(C(=O)c4cccc(Cc5cccc(F)c5)c4)CC3)c2)cn1. The van der Waals surface area contributed by atoms with Gasteiger partial charge in [0.05, 0.1) is 29.8 Å². The van der Waals surface area contributed by atoms with Gasteiger partial charge in [-0.2, -0.15) is 5.10 Å².